The molecule has 1 aliphatic heterocycles. The Kier molecular flexibility index (Phi) is 6.64. The molecular weight excluding hydrogens is 485 g/mol. The third kappa shape index (κ3) is 5.51. The summed E-state index contributed by atoms with van der Waals surface area (Å²) in [7, 11) is -3.29. The number of carbonyl (C=O) groups excluding carboxylic acids is 1. The first-order valence-electron chi connectivity index (χ1n) is 10.7. The number of benzene rings is 1. The number of alkyl halides is 3. The maximum Gasteiger partial charge on any atom is 0.420 e. The molecule has 0 unspecified atom stereocenters. The van der Waals surface area contributed by atoms with E-state index in [4.69, 9.17) is 0 Å². The van der Waals surface area contributed by atoms with Crippen LogP contribution < -0.4 is 5.32 Å². The van der Waals surface area contributed by atoms with Crippen LogP contribution in [0.4, 0.5) is 19.1 Å². The SMILES string of the molecule is Cc1cc(C=O)ccc1-n1cnc(-c2nc(NC3CCN(S(C)(=O)=O)CC3)ncc2C(F)(F)F)c1. The van der Waals surface area contributed by atoms with Crippen LogP contribution in [0.25, 0.3) is 17.1 Å². The van der Waals surface area contributed by atoms with Gasteiger partial charge in [-0.2, -0.15) is 13.2 Å². The van der Waals surface area contributed by atoms with Gasteiger partial charge in [-0.25, -0.2) is 27.7 Å². The van der Waals surface area contributed by atoms with Gasteiger partial charge in [-0.3, -0.25) is 4.79 Å². The molecule has 1 N–H and O–H groups in total. The van der Waals surface area contributed by atoms with Crippen LogP contribution in [0.15, 0.2) is 36.9 Å². The van der Waals surface area contributed by atoms with E-state index in [2.05, 4.69) is 20.3 Å². The zero-order chi connectivity index (χ0) is 25.4. The highest BCUT2D eigenvalue weighted by Gasteiger charge is 2.36. The van der Waals surface area contributed by atoms with Crippen LogP contribution in [0.5, 0.6) is 0 Å². The Labute approximate surface area is 200 Å². The minimum atomic E-state index is -4.69. The maximum absolute atomic E-state index is 13.7. The second-order valence-corrected chi connectivity index (χ2v) is 10.3. The second kappa shape index (κ2) is 9.38. The molecule has 0 aliphatic carbocycles. The van der Waals surface area contributed by atoms with Gasteiger partial charge >= 0.3 is 6.18 Å². The molecule has 3 heterocycles. The van der Waals surface area contributed by atoms with Crippen LogP contribution in [0, 0.1) is 6.92 Å². The lowest BCUT2D eigenvalue weighted by atomic mass is 10.1. The summed E-state index contributed by atoms with van der Waals surface area (Å²) in [6, 6.07) is 4.78. The number of nitrogens with one attached hydrogen (secondary N) is 1. The van der Waals surface area contributed by atoms with Crippen LogP contribution >= 0.6 is 0 Å². The maximum atomic E-state index is 13.7. The lowest BCUT2D eigenvalue weighted by Crippen LogP contribution is -2.42. The number of imidazole rings is 1. The predicted molar refractivity (Wildman–Crippen MR) is 123 cm³/mol. The molecule has 0 atom stereocenters. The number of anilines is 1. The van der Waals surface area contributed by atoms with Crippen molar-refractivity contribution in [2.24, 2.45) is 0 Å². The molecular formula is C22H23F3N6O3S. The number of halogens is 3. The first-order valence-corrected chi connectivity index (χ1v) is 12.6. The fourth-order valence-corrected chi connectivity index (χ4v) is 4.86. The Morgan fingerprint density at radius 1 is 1.17 bits per heavy atom. The molecule has 3 aromatic rings. The molecule has 9 nitrogen and oxygen atoms in total. The molecule has 0 bridgehead atoms. The van der Waals surface area contributed by atoms with Gasteiger partial charge in [0, 0.05) is 42.8 Å². The van der Waals surface area contributed by atoms with Gasteiger partial charge in [0.25, 0.3) is 0 Å². The molecule has 4 rings (SSSR count). The van der Waals surface area contributed by atoms with Crippen molar-refractivity contribution in [3.8, 4) is 17.1 Å². The van der Waals surface area contributed by atoms with Crippen molar-refractivity contribution in [1.82, 2.24) is 23.8 Å². The normalized spacial score (nSPS) is 15.8. The summed E-state index contributed by atoms with van der Waals surface area (Å²) >= 11 is 0. The highest BCUT2D eigenvalue weighted by molar-refractivity contribution is 7.88. The van der Waals surface area contributed by atoms with E-state index in [-0.39, 0.29) is 23.4 Å². The quantitative estimate of drug-likeness (QED) is 0.509. The first kappa shape index (κ1) is 24.8. The Morgan fingerprint density at radius 2 is 1.89 bits per heavy atom. The number of hydrogen-bond donors (Lipinski definition) is 1. The van der Waals surface area contributed by atoms with Crippen molar-refractivity contribution in [3.63, 3.8) is 0 Å². The topological polar surface area (TPSA) is 110 Å². The number of aldehydes is 1. The molecule has 1 aliphatic rings. The molecule has 13 heteroatoms. The number of nitrogens with zero attached hydrogens (tertiary/aromatic N) is 5. The van der Waals surface area contributed by atoms with Gasteiger partial charge in [0.2, 0.25) is 16.0 Å². The predicted octanol–water partition coefficient (Wildman–Crippen LogP) is 3.30. The van der Waals surface area contributed by atoms with E-state index in [1.54, 1.807) is 29.7 Å². The largest absolute Gasteiger partial charge is 0.420 e. The Morgan fingerprint density at radius 3 is 2.49 bits per heavy atom. The van der Waals surface area contributed by atoms with Gasteiger partial charge in [0.1, 0.15) is 23.2 Å². The number of aryl methyl sites for hydroxylation is 1. The van der Waals surface area contributed by atoms with Crippen LogP contribution in [0.2, 0.25) is 0 Å². The van der Waals surface area contributed by atoms with Crippen LogP contribution in [0.3, 0.4) is 0 Å². The van der Waals surface area contributed by atoms with E-state index < -0.39 is 21.8 Å². The molecule has 0 spiro atoms. The summed E-state index contributed by atoms with van der Waals surface area (Å²) in [5.74, 6) is 0.00636. The zero-order valence-electron chi connectivity index (χ0n) is 19.0. The summed E-state index contributed by atoms with van der Waals surface area (Å²) in [5.41, 5.74) is 0.513. The van der Waals surface area contributed by atoms with Crippen molar-refractivity contribution in [2.75, 3.05) is 24.7 Å². The Balaban J connectivity index is 1.62. The van der Waals surface area contributed by atoms with Gasteiger partial charge in [0.05, 0.1) is 12.6 Å². The van der Waals surface area contributed by atoms with Gasteiger partial charge in [0.15, 0.2) is 0 Å². The van der Waals surface area contributed by atoms with Crippen LogP contribution in [-0.4, -0.2) is 63.9 Å². The Bertz CT molecular complexity index is 1350. The number of hydrogen-bond acceptors (Lipinski definition) is 7. The monoisotopic (exact) mass is 508 g/mol. The van der Waals surface area contributed by atoms with Gasteiger partial charge in [-0.15, -0.1) is 0 Å². The van der Waals surface area contributed by atoms with E-state index in [0.29, 0.717) is 43.5 Å². The number of piperidine rings is 1. The fourth-order valence-electron chi connectivity index (χ4n) is 3.99. The van der Waals surface area contributed by atoms with Crippen molar-refractivity contribution >= 4 is 22.3 Å². The summed E-state index contributed by atoms with van der Waals surface area (Å²) in [6.45, 7) is 2.39. The molecule has 1 aromatic carbocycles. The van der Waals surface area contributed by atoms with Crippen LogP contribution in [0.1, 0.15) is 34.3 Å². The first-order chi connectivity index (χ1) is 16.5. The molecule has 0 radical (unpaired) electrons. The van der Waals surface area contributed by atoms with E-state index in [1.807, 2.05) is 0 Å². The van der Waals surface area contributed by atoms with E-state index in [9.17, 15) is 26.4 Å². The van der Waals surface area contributed by atoms with Gasteiger partial charge in [-0.1, -0.05) is 0 Å². The number of sulfonamides is 1. The smallest absolute Gasteiger partial charge is 0.351 e. The van der Waals surface area contributed by atoms with Crippen LogP contribution in [-0.2, 0) is 16.2 Å². The van der Waals surface area contributed by atoms with Gasteiger partial charge in [-0.05, 0) is 43.5 Å². The molecule has 2 aromatic heterocycles. The van der Waals surface area contributed by atoms with E-state index in [1.165, 1.54) is 16.8 Å². The van der Waals surface area contributed by atoms with Crippen molar-refractivity contribution in [1.29, 1.82) is 0 Å². The molecule has 1 fully saturated rings. The highest BCUT2D eigenvalue weighted by atomic mass is 32.2. The molecule has 0 saturated carbocycles. The molecule has 186 valence electrons. The van der Waals surface area contributed by atoms with Crippen molar-refractivity contribution in [3.05, 3.63) is 53.6 Å². The van der Waals surface area contributed by atoms with Gasteiger partial charge < -0.3 is 9.88 Å². The number of carbonyl (C=O) groups is 1. The average molecular weight is 509 g/mol. The number of aromatic nitrogens is 4. The van der Waals surface area contributed by atoms with E-state index >= 15 is 0 Å². The van der Waals surface area contributed by atoms with E-state index in [0.717, 1.165) is 18.0 Å². The summed E-state index contributed by atoms with van der Waals surface area (Å²) in [5, 5.41) is 3.02. The Hall–Kier alpha value is -3.32. The standard InChI is InChI=1S/C22H23F3N6O3S/c1-14-9-15(12-32)3-4-19(14)30-11-18(27-13-30)20-17(22(23,24)25)10-26-21(29-20)28-16-5-7-31(8-6-16)35(2,33)34/h3-4,9-13,16H,5-8H2,1-2H3,(H,26,28,29). The fraction of sp³-hybridized carbons (Fsp3) is 0.364. The highest BCUT2D eigenvalue weighted by Crippen LogP contribution is 2.36. The summed E-state index contributed by atoms with van der Waals surface area (Å²) in [6.07, 6.45) is 1.65. The number of rotatable bonds is 6. The third-order valence-corrected chi connectivity index (χ3v) is 7.11. The minimum Gasteiger partial charge on any atom is -0.351 e. The lowest BCUT2D eigenvalue weighted by Gasteiger charge is -2.30. The molecule has 35 heavy (non-hydrogen) atoms. The minimum absolute atomic E-state index is 0.00636. The summed E-state index contributed by atoms with van der Waals surface area (Å²) < 4.78 is 67.5. The zero-order valence-corrected chi connectivity index (χ0v) is 19.8. The lowest BCUT2D eigenvalue weighted by molar-refractivity contribution is -0.137. The summed E-state index contributed by atoms with van der Waals surface area (Å²) in [4.78, 5) is 23.1. The second-order valence-electron chi connectivity index (χ2n) is 8.36. The van der Waals surface area contributed by atoms with Crippen molar-refractivity contribution < 1.29 is 26.4 Å². The molecule has 0 amide bonds. The third-order valence-electron chi connectivity index (χ3n) is 5.81. The molecule has 1 saturated heterocycles. The average Bonchev–Trinajstić information content (AvgIpc) is 3.28. The van der Waals surface area contributed by atoms with Crippen molar-refractivity contribution in [2.45, 2.75) is 32.0 Å².